The maximum absolute atomic E-state index is 12.4. The van der Waals surface area contributed by atoms with Crippen LogP contribution < -0.4 is 15.8 Å². The molecule has 0 heterocycles. The van der Waals surface area contributed by atoms with Gasteiger partial charge in [-0.2, -0.15) is 13.2 Å². The second-order valence-corrected chi connectivity index (χ2v) is 9.19. The summed E-state index contributed by atoms with van der Waals surface area (Å²) in [6.45, 7) is 1.56. The van der Waals surface area contributed by atoms with Crippen LogP contribution in [0.15, 0.2) is 54.6 Å². The minimum Gasteiger partial charge on any atom is -0.327 e. The summed E-state index contributed by atoms with van der Waals surface area (Å²) < 4.78 is 63.8. The van der Waals surface area contributed by atoms with Gasteiger partial charge in [0.2, 0.25) is 15.9 Å². The van der Waals surface area contributed by atoms with Gasteiger partial charge in [-0.15, -0.1) is 0 Å². The zero-order valence-corrected chi connectivity index (χ0v) is 18.0. The molecular weight excluding hydrogens is 447 g/mol. The molecule has 7 nitrogen and oxygen atoms in total. The van der Waals surface area contributed by atoms with Crippen LogP contribution in [0.4, 0.5) is 18.9 Å². The lowest BCUT2D eigenvalue weighted by molar-refractivity contribution is -0.167. The van der Waals surface area contributed by atoms with E-state index >= 15 is 0 Å². The monoisotopic (exact) mass is 471 g/mol. The van der Waals surface area contributed by atoms with E-state index in [1.807, 2.05) is 35.1 Å². The summed E-state index contributed by atoms with van der Waals surface area (Å²) in [5.41, 5.74) is 6.95. The molecule has 2 amide bonds. The number of halogens is 3. The molecule has 0 aliphatic heterocycles. The summed E-state index contributed by atoms with van der Waals surface area (Å²) in [7, 11) is -4.12. The van der Waals surface area contributed by atoms with E-state index in [1.165, 1.54) is 18.2 Å². The number of carbonyl (C=O) groups excluding carboxylic acids is 2. The van der Waals surface area contributed by atoms with Crippen molar-refractivity contribution in [2.75, 3.05) is 5.32 Å². The third-order valence-corrected chi connectivity index (χ3v) is 5.73. The van der Waals surface area contributed by atoms with E-state index in [1.54, 1.807) is 12.2 Å². The number of hydrogen-bond acceptors (Lipinski definition) is 5. The normalized spacial score (nSPS) is 13.8. The van der Waals surface area contributed by atoms with Crippen molar-refractivity contribution in [1.82, 2.24) is 4.72 Å². The molecule has 0 saturated carbocycles. The highest BCUT2D eigenvalue weighted by atomic mass is 32.2. The second-order valence-electron chi connectivity index (χ2n) is 7.46. The smallest absolute Gasteiger partial charge is 0.327 e. The summed E-state index contributed by atoms with van der Waals surface area (Å²) in [5.74, 6) is -4.24. The first-order valence-electron chi connectivity index (χ1n) is 9.66. The quantitative estimate of drug-likeness (QED) is 0.520. The minimum atomic E-state index is -5.08. The second kappa shape index (κ2) is 10.6. The Kier molecular flexibility index (Phi) is 8.39. The van der Waals surface area contributed by atoms with E-state index < -0.39 is 39.7 Å². The van der Waals surface area contributed by atoms with Crippen molar-refractivity contribution < 1.29 is 31.2 Å². The Labute approximate surface area is 184 Å². The summed E-state index contributed by atoms with van der Waals surface area (Å²) in [6, 6.07) is 14.0. The van der Waals surface area contributed by atoms with E-state index in [4.69, 9.17) is 5.73 Å². The molecule has 32 heavy (non-hydrogen) atoms. The van der Waals surface area contributed by atoms with Crippen LogP contribution in [0, 0.1) is 5.92 Å². The van der Waals surface area contributed by atoms with Gasteiger partial charge in [0.25, 0.3) is 0 Å². The number of carbonyl (C=O) groups is 2. The van der Waals surface area contributed by atoms with E-state index in [0.29, 0.717) is 6.42 Å². The van der Waals surface area contributed by atoms with Crippen molar-refractivity contribution in [1.29, 1.82) is 0 Å². The van der Waals surface area contributed by atoms with Crippen LogP contribution in [0.5, 0.6) is 0 Å². The molecule has 0 spiro atoms. The van der Waals surface area contributed by atoms with Gasteiger partial charge in [-0.05, 0) is 36.1 Å². The van der Waals surface area contributed by atoms with Crippen molar-refractivity contribution in [2.45, 2.75) is 37.7 Å². The number of nitrogens with one attached hydrogen (secondary N) is 2. The fourth-order valence-corrected chi connectivity index (χ4v) is 4.21. The lowest BCUT2D eigenvalue weighted by atomic mass is 9.96. The molecule has 2 aromatic rings. The molecule has 0 aliphatic rings. The predicted molar refractivity (Wildman–Crippen MR) is 114 cm³/mol. The van der Waals surface area contributed by atoms with Gasteiger partial charge in [-0.25, -0.2) is 8.42 Å². The molecule has 4 N–H and O–H groups in total. The van der Waals surface area contributed by atoms with E-state index in [2.05, 4.69) is 0 Å². The minimum absolute atomic E-state index is 0.0960. The topological polar surface area (TPSA) is 118 Å². The number of sulfonamides is 1. The predicted octanol–water partition coefficient (Wildman–Crippen LogP) is 2.73. The highest BCUT2D eigenvalue weighted by Gasteiger charge is 2.38. The zero-order valence-electron chi connectivity index (χ0n) is 17.2. The molecule has 2 aromatic carbocycles. The van der Waals surface area contributed by atoms with Crippen LogP contribution in [-0.4, -0.2) is 32.5 Å². The van der Waals surface area contributed by atoms with Crippen LogP contribution >= 0.6 is 0 Å². The third kappa shape index (κ3) is 8.31. The molecule has 0 saturated heterocycles. The van der Waals surface area contributed by atoms with Crippen molar-refractivity contribution >= 4 is 27.5 Å². The van der Waals surface area contributed by atoms with Gasteiger partial charge in [-0.1, -0.05) is 49.4 Å². The van der Waals surface area contributed by atoms with Crippen LogP contribution in [0.25, 0.3) is 0 Å². The summed E-state index contributed by atoms with van der Waals surface area (Å²) in [6.07, 6.45) is -4.29. The Morgan fingerprint density at radius 3 is 2.28 bits per heavy atom. The van der Waals surface area contributed by atoms with E-state index in [0.717, 1.165) is 11.6 Å². The molecular formula is C21H24F3N3O4S. The number of alkyl halides is 3. The molecule has 11 heteroatoms. The first-order valence-corrected chi connectivity index (χ1v) is 11.3. The molecule has 2 rings (SSSR count). The number of nitrogens with two attached hydrogens (primary N) is 1. The molecule has 174 valence electrons. The van der Waals surface area contributed by atoms with Crippen molar-refractivity contribution in [3.63, 3.8) is 0 Å². The largest absolute Gasteiger partial charge is 0.471 e. The SMILES string of the molecule is C[C@@H](C[C@@H](N)Cc1ccccc1)C(=O)NS(=O)(=O)Cc1cccc(NC(=O)C(F)(F)F)c1. The molecule has 0 aromatic heterocycles. The van der Waals surface area contributed by atoms with Gasteiger partial charge >= 0.3 is 12.1 Å². The molecule has 0 aliphatic carbocycles. The third-order valence-electron chi connectivity index (χ3n) is 4.50. The van der Waals surface area contributed by atoms with E-state index in [-0.39, 0.29) is 23.7 Å². The van der Waals surface area contributed by atoms with Crippen LogP contribution in [0.3, 0.4) is 0 Å². The Balaban J connectivity index is 1.94. The Morgan fingerprint density at radius 2 is 1.66 bits per heavy atom. The highest BCUT2D eigenvalue weighted by molar-refractivity contribution is 7.89. The number of rotatable bonds is 9. The summed E-state index contributed by atoms with van der Waals surface area (Å²) in [5, 5.41) is 1.65. The van der Waals surface area contributed by atoms with Gasteiger partial charge in [0, 0.05) is 17.6 Å². The van der Waals surface area contributed by atoms with Crippen LogP contribution in [0.1, 0.15) is 24.5 Å². The number of amides is 2. The fraction of sp³-hybridized carbons (Fsp3) is 0.333. The highest BCUT2D eigenvalue weighted by Crippen LogP contribution is 2.20. The van der Waals surface area contributed by atoms with Crippen molar-refractivity contribution in [2.24, 2.45) is 11.7 Å². The van der Waals surface area contributed by atoms with Gasteiger partial charge in [-0.3, -0.25) is 14.3 Å². The Bertz CT molecular complexity index is 1040. The van der Waals surface area contributed by atoms with Gasteiger partial charge in [0.05, 0.1) is 5.75 Å². The average molecular weight is 472 g/mol. The zero-order chi connectivity index (χ0) is 23.9. The Hall–Kier alpha value is -2.92. The standard InChI is InChI=1S/C21H24F3N3O4S/c1-14(10-17(25)11-15-6-3-2-4-7-15)19(28)27-32(30,31)13-16-8-5-9-18(12-16)26-20(29)21(22,23)24/h2-9,12,14,17H,10-11,13,25H2,1H3,(H,26,29)(H,27,28)/t14-,17+/m0/s1. The lowest BCUT2D eigenvalue weighted by Crippen LogP contribution is -2.38. The summed E-state index contributed by atoms with van der Waals surface area (Å²) in [4.78, 5) is 23.4. The number of hydrogen-bond donors (Lipinski definition) is 3. The fourth-order valence-electron chi connectivity index (χ4n) is 3.01. The van der Waals surface area contributed by atoms with Crippen molar-refractivity contribution in [3.05, 3.63) is 65.7 Å². The van der Waals surface area contributed by atoms with Crippen LogP contribution in [-0.2, 0) is 31.8 Å². The van der Waals surface area contributed by atoms with Gasteiger partial charge in [0.15, 0.2) is 0 Å². The molecule has 0 fully saturated rings. The van der Waals surface area contributed by atoms with Crippen LogP contribution in [0.2, 0.25) is 0 Å². The van der Waals surface area contributed by atoms with Gasteiger partial charge < -0.3 is 11.1 Å². The number of anilines is 1. The van der Waals surface area contributed by atoms with Gasteiger partial charge in [0.1, 0.15) is 0 Å². The summed E-state index contributed by atoms with van der Waals surface area (Å²) >= 11 is 0. The first kappa shape index (κ1) is 25.3. The maximum atomic E-state index is 12.4. The average Bonchev–Trinajstić information content (AvgIpc) is 2.67. The van der Waals surface area contributed by atoms with Crippen molar-refractivity contribution in [3.8, 4) is 0 Å². The first-order chi connectivity index (χ1) is 14.9. The number of benzene rings is 2. The lowest BCUT2D eigenvalue weighted by Gasteiger charge is -2.17. The molecule has 0 bridgehead atoms. The molecule has 0 unspecified atom stereocenters. The maximum Gasteiger partial charge on any atom is 0.471 e. The molecule has 2 atom stereocenters. The molecule has 0 radical (unpaired) electrons. The van der Waals surface area contributed by atoms with E-state index in [9.17, 15) is 31.2 Å². The Morgan fingerprint density at radius 1 is 1.03 bits per heavy atom.